The first-order chi connectivity index (χ1) is 14.1. The number of hydrogen-bond donors (Lipinski definition) is 2. The number of hydrogen-bond acceptors (Lipinski definition) is 4. The first-order valence-corrected chi connectivity index (χ1v) is 11.5. The molecule has 29 heavy (non-hydrogen) atoms. The zero-order chi connectivity index (χ0) is 19.8. The van der Waals surface area contributed by atoms with Crippen molar-refractivity contribution in [2.75, 3.05) is 11.9 Å². The Bertz CT molecular complexity index is 873. The van der Waals surface area contributed by atoms with Crippen molar-refractivity contribution >= 4 is 28.3 Å². The number of amides is 2. The molecule has 4 bridgehead atoms. The van der Waals surface area contributed by atoms with Gasteiger partial charge in [0.25, 0.3) is 0 Å². The summed E-state index contributed by atoms with van der Waals surface area (Å²) in [4.78, 5) is 29.3. The van der Waals surface area contributed by atoms with E-state index in [-0.39, 0.29) is 23.8 Å². The quantitative estimate of drug-likeness (QED) is 0.739. The zero-order valence-corrected chi connectivity index (χ0v) is 17.3. The Morgan fingerprint density at radius 2 is 1.66 bits per heavy atom. The lowest BCUT2D eigenvalue weighted by Gasteiger charge is -2.56. The topological polar surface area (TPSA) is 71.1 Å². The molecule has 4 aliphatic rings. The Morgan fingerprint density at radius 3 is 2.31 bits per heavy atom. The minimum atomic E-state index is -0.224. The highest BCUT2D eigenvalue weighted by Gasteiger charge is 2.51. The summed E-state index contributed by atoms with van der Waals surface area (Å²) >= 11 is 1.40. The van der Waals surface area contributed by atoms with E-state index in [1.807, 2.05) is 35.7 Å². The van der Waals surface area contributed by atoms with Gasteiger partial charge >= 0.3 is 0 Å². The highest BCUT2D eigenvalue weighted by molar-refractivity contribution is 7.14. The molecule has 5 nitrogen and oxygen atoms in total. The predicted octanol–water partition coefficient (Wildman–Crippen LogP) is 4.47. The smallest absolute Gasteiger partial charge is 0.245 e. The van der Waals surface area contributed by atoms with Crippen LogP contribution in [0.5, 0.6) is 0 Å². The molecule has 0 aliphatic heterocycles. The van der Waals surface area contributed by atoms with Gasteiger partial charge in [0.1, 0.15) is 0 Å². The molecule has 1 aromatic carbocycles. The van der Waals surface area contributed by atoms with Gasteiger partial charge in [-0.25, -0.2) is 4.98 Å². The normalized spacial score (nSPS) is 29.6. The summed E-state index contributed by atoms with van der Waals surface area (Å²) in [6.45, 7) is 0.00541. The van der Waals surface area contributed by atoms with Crippen molar-refractivity contribution in [3.05, 3.63) is 35.7 Å². The second-order valence-corrected chi connectivity index (χ2v) is 10.2. The molecule has 2 N–H and O–H groups in total. The number of carbonyl (C=O) groups excluding carboxylic acids is 2. The lowest BCUT2D eigenvalue weighted by Crippen LogP contribution is -2.48. The monoisotopic (exact) mass is 409 g/mol. The Labute approximate surface area is 175 Å². The molecule has 1 heterocycles. The molecule has 0 saturated heterocycles. The molecule has 2 aromatic rings. The Balaban J connectivity index is 1.12. The van der Waals surface area contributed by atoms with Gasteiger partial charge in [-0.2, -0.15) is 0 Å². The van der Waals surface area contributed by atoms with Gasteiger partial charge in [0, 0.05) is 17.4 Å². The van der Waals surface area contributed by atoms with E-state index in [1.165, 1.54) is 49.9 Å². The first-order valence-electron chi connectivity index (χ1n) is 10.6. The van der Waals surface area contributed by atoms with E-state index < -0.39 is 0 Å². The summed E-state index contributed by atoms with van der Waals surface area (Å²) in [6, 6.07) is 9.87. The van der Waals surface area contributed by atoms with Crippen LogP contribution in [0.4, 0.5) is 5.13 Å². The van der Waals surface area contributed by atoms with Crippen LogP contribution in [0.2, 0.25) is 0 Å². The lowest BCUT2D eigenvalue weighted by molar-refractivity contribution is -0.131. The molecule has 6 heteroatoms. The SMILES string of the molecule is O=C(CC12CC3CC(CC(C3)C1)C2)NCC(=O)Nc1nc(-c2ccccc2)cs1. The summed E-state index contributed by atoms with van der Waals surface area (Å²) in [6.07, 6.45) is 8.34. The van der Waals surface area contributed by atoms with E-state index >= 15 is 0 Å². The largest absolute Gasteiger partial charge is 0.347 e. The second-order valence-electron chi connectivity index (χ2n) is 9.32. The maximum Gasteiger partial charge on any atom is 0.245 e. The molecule has 4 saturated carbocycles. The first kappa shape index (κ1) is 18.8. The van der Waals surface area contributed by atoms with Crippen LogP contribution >= 0.6 is 11.3 Å². The fourth-order valence-corrected chi connectivity index (χ4v) is 7.06. The Morgan fingerprint density at radius 1 is 1.00 bits per heavy atom. The van der Waals surface area contributed by atoms with Crippen molar-refractivity contribution < 1.29 is 9.59 Å². The van der Waals surface area contributed by atoms with Crippen LogP contribution < -0.4 is 10.6 Å². The molecule has 152 valence electrons. The van der Waals surface area contributed by atoms with Gasteiger partial charge in [-0.05, 0) is 61.7 Å². The average molecular weight is 410 g/mol. The Kier molecular flexibility index (Phi) is 4.90. The summed E-state index contributed by atoms with van der Waals surface area (Å²) < 4.78 is 0. The Hall–Kier alpha value is -2.21. The van der Waals surface area contributed by atoms with Crippen molar-refractivity contribution in [2.24, 2.45) is 23.2 Å². The van der Waals surface area contributed by atoms with Gasteiger partial charge in [-0.3, -0.25) is 9.59 Å². The molecule has 0 unspecified atom stereocenters. The minimum absolute atomic E-state index is 0.00541. The van der Waals surface area contributed by atoms with Gasteiger partial charge in [0.15, 0.2) is 5.13 Å². The third-order valence-electron chi connectivity index (χ3n) is 6.97. The van der Waals surface area contributed by atoms with Gasteiger partial charge in [0.2, 0.25) is 11.8 Å². The molecule has 4 aliphatic carbocycles. The van der Waals surface area contributed by atoms with Crippen molar-refractivity contribution in [3.63, 3.8) is 0 Å². The van der Waals surface area contributed by atoms with Gasteiger partial charge in [-0.15, -0.1) is 11.3 Å². The van der Waals surface area contributed by atoms with E-state index in [4.69, 9.17) is 0 Å². The molecule has 6 rings (SSSR count). The molecule has 2 amide bonds. The van der Waals surface area contributed by atoms with Crippen LogP contribution in [-0.2, 0) is 9.59 Å². The van der Waals surface area contributed by atoms with Crippen molar-refractivity contribution in [3.8, 4) is 11.3 Å². The zero-order valence-electron chi connectivity index (χ0n) is 16.5. The molecular weight excluding hydrogens is 382 g/mol. The van der Waals surface area contributed by atoms with Gasteiger partial charge < -0.3 is 10.6 Å². The van der Waals surface area contributed by atoms with E-state index in [0.29, 0.717) is 11.6 Å². The molecular formula is C23H27N3O2S. The third-order valence-corrected chi connectivity index (χ3v) is 7.72. The molecule has 0 atom stereocenters. The third kappa shape index (κ3) is 4.08. The fourth-order valence-electron chi connectivity index (χ4n) is 6.32. The van der Waals surface area contributed by atoms with Crippen LogP contribution in [0, 0.1) is 23.2 Å². The van der Waals surface area contributed by atoms with E-state index in [1.54, 1.807) is 0 Å². The standard InChI is InChI=1S/C23H27N3O2S/c27-20(12-23-9-15-6-16(10-23)8-17(7-15)11-23)24-13-21(28)26-22-25-19(14-29-22)18-4-2-1-3-5-18/h1-5,14-17H,6-13H2,(H,24,27)(H,25,26,28). The molecule has 0 spiro atoms. The van der Waals surface area contributed by atoms with Crippen LogP contribution in [0.3, 0.4) is 0 Å². The van der Waals surface area contributed by atoms with Crippen LogP contribution in [0.1, 0.15) is 44.9 Å². The second kappa shape index (κ2) is 7.56. The van der Waals surface area contributed by atoms with Crippen molar-refractivity contribution in [1.29, 1.82) is 0 Å². The maximum atomic E-state index is 12.6. The van der Waals surface area contributed by atoms with E-state index in [0.717, 1.165) is 29.0 Å². The maximum absolute atomic E-state index is 12.6. The average Bonchev–Trinajstić information content (AvgIpc) is 3.14. The number of nitrogens with one attached hydrogen (secondary N) is 2. The van der Waals surface area contributed by atoms with E-state index in [9.17, 15) is 9.59 Å². The van der Waals surface area contributed by atoms with Gasteiger partial charge in [0.05, 0.1) is 12.2 Å². The lowest BCUT2D eigenvalue weighted by atomic mass is 9.49. The summed E-state index contributed by atoms with van der Waals surface area (Å²) in [5, 5.41) is 8.13. The summed E-state index contributed by atoms with van der Waals surface area (Å²) in [5.41, 5.74) is 2.07. The minimum Gasteiger partial charge on any atom is -0.347 e. The summed E-state index contributed by atoms with van der Waals surface area (Å²) in [7, 11) is 0. The number of nitrogens with zero attached hydrogens (tertiary/aromatic N) is 1. The van der Waals surface area contributed by atoms with Crippen LogP contribution in [0.25, 0.3) is 11.3 Å². The highest BCUT2D eigenvalue weighted by atomic mass is 32.1. The van der Waals surface area contributed by atoms with Crippen molar-refractivity contribution in [1.82, 2.24) is 10.3 Å². The fraction of sp³-hybridized carbons (Fsp3) is 0.522. The summed E-state index contributed by atoms with van der Waals surface area (Å²) in [5.74, 6) is 2.30. The van der Waals surface area contributed by atoms with Gasteiger partial charge in [-0.1, -0.05) is 30.3 Å². The highest BCUT2D eigenvalue weighted by Crippen LogP contribution is 2.61. The number of rotatable bonds is 6. The van der Waals surface area contributed by atoms with Crippen molar-refractivity contribution in [2.45, 2.75) is 44.9 Å². The van der Waals surface area contributed by atoms with E-state index in [2.05, 4.69) is 15.6 Å². The molecule has 0 radical (unpaired) electrons. The number of anilines is 1. The number of aromatic nitrogens is 1. The predicted molar refractivity (Wildman–Crippen MR) is 114 cm³/mol. The molecule has 1 aromatic heterocycles. The molecule has 4 fully saturated rings. The number of carbonyl (C=O) groups is 2. The van der Waals surface area contributed by atoms with Crippen LogP contribution in [-0.4, -0.2) is 23.3 Å². The number of thiazole rings is 1. The number of benzene rings is 1. The van der Waals surface area contributed by atoms with Crippen LogP contribution in [0.15, 0.2) is 35.7 Å².